The van der Waals surface area contributed by atoms with Crippen LogP contribution in [-0.4, -0.2) is 57.0 Å². The van der Waals surface area contributed by atoms with Gasteiger partial charge < -0.3 is 9.84 Å². The number of hydrogen-bond acceptors (Lipinski definition) is 5. The molecular formula is C17H30N4O2. The van der Waals surface area contributed by atoms with Crippen LogP contribution in [-0.2, 0) is 11.2 Å². The highest BCUT2D eigenvalue weighted by Crippen LogP contribution is 2.33. The van der Waals surface area contributed by atoms with Gasteiger partial charge in [-0.1, -0.05) is 13.8 Å². The van der Waals surface area contributed by atoms with Gasteiger partial charge >= 0.3 is 0 Å². The molecule has 6 nitrogen and oxygen atoms in total. The molecule has 1 atom stereocenters. The maximum absolute atomic E-state index is 10.9. The van der Waals surface area contributed by atoms with Crippen molar-refractivity contribution in [2.45, 2.75) is 64.1 Å². The van der Waals surface area contributed by atoms with Crippen molar-refractivity contribution in [1.82, 2.24) is 20.1 Å². The molecule has 1 saturated heterocycles. The van der Waals surface area contributed by atoms with E-state index in [1.165, 1.54) is 0 Å². The van der Waals surface area contributed by atoms with Crippen molar-refractivity contribution in [2.24, 2.45) is 5.92 Å². The summed E-state index contributed by atoms with van der Waals surface area (Å²) < 4.78 is 5.86. The van der Waals surface area contributed by atoms with Gasteiger partial charge in [0.15, 0.2) is 5.82 Å². The first-order valence-electron chi connectivity index (χ1n) is 9.05. The van der Waals surface area contributed by atoms with E-state index < -0.39 is 5.60 Å². The Morgan fingerprint density at radius 2 is 2.17 bits per heavy atom. The molecule has 0 unspecified atom stereocenters. The van der Waals surface area contributed by atoms with Crippen LogP contribution >= 0.6 is 0 Å². The molecule has 1 aromatic heterocycles. The molecule has 0 amide bonds. The standard InChI is InChI=1S/C17H30N4O2/c1-3-4-15-18-16(20-19-15)14-11-21(9-10-23-14)12-17(22)7-5-13(2)6-8-17/h13-14,22H,3-12H2,1-2H3,(H,18,19,20)/t13?,14-,17?/m1/s1. The SMILES string of the molecule is CCCc1nc([C@H]2CN(CC3(O)CCC(C)CC3)CCO2)n[nH]1. The minimum absolute atomic E-state index is 0.0864. The fraction of sp³-hybridized carbons (Fsp3) is 0.882. The maximum Gasteiger partial charge on any atom is 0.180 e. The van der Waals surface area contributed by atoms with E-state index in [2.05, 4.69) is 33.9 Å². The summed E-state index contributed by atoms with van der Waals surface area (Å²) in [5.41, 5.74) is -0.527. The van der Waals surface area contributed by atoms with E-state index in [1.54, 1.807) is 0 Å². The molecule has 2 N–H and O–H groups in total. The summed E-state index contributed by atoms with van der Waals surface area (Å²) in [5, 5.41) is 18.2. The Morgan fingerprint density at radius 3 is 2.91 bits per heavy atom. The number of morpholine rings is 1. The number of nitrogens with zero attached hydrogens (tertiary/aromatic N) is 3. The zero-order valence-electron chi connectivity index (χ0n) is 14.4. The van der Waals surface area contributed by atoms with Crippen LogP contribution in [0.25, 0.3) is 0 Å². The van der Waals surface area contributed by atoms with Crippen LogP contribution in [0.4, 0.5) is 0 Å². The minimum atomic E-state index is -0.527. The number of aromatic amines is 1. The van der Waals surface area contributed by atoms with E-state index in [1.807, 2.05) is 0 Å². The second-order valence-corrected chi connectivity index (χ2v) is 7.39. The predicted molar refractivity (Wildman–Crippen MR) is 88.1 cm³/mol. The number of hydrogen-bond donors (Lipinski definition) is 2. The molecule has 2 fully saturated rings. The molecule has 0 bridgehead atoms. The number of aliphatic hydroxyl groups is 1. The van der Waals surface area contributed by atoms with Crippen molar-refractivity contribution in [1.29, 1.82) is 0 Å². The monoisotopic (exact) mass is 322 g/mol. The van der Waals surface area contributed by atoms with Gasteiger partial charge in [0.05, 0.1) is 12.2 Å². The Kier molecular flexibility index (Phi) is 5.34. The van der Waals surface area contributed by atoms with Crippen molar-refractivity contribution in [3.8, 4) is 0 Å². The van der Waals surface area contributed by atoms with Crippen LogP contribution in [0.3, 0.4) is 0 Å². The molecule has 0 aromatic carbocycles. The molecule has 130 valence electrons. The summed E-state index contributed by atoms with van der Waals surface area (Å²) in [6, 6.07) is 0. The number of aromatic nitrogens is 3. The average Bonchev–Trinajstić information content (AvgIpc) is 3.00. The Hall–Kier alpha value is -0.980. The third kappa shape index (κ3) is 4.31. The van der Waals surface area contributed by atoms with Gasteiger partial charge in [-0.3, -0.25) is 10.00 Å². The Morgan fingerprint density at radius 1 is 1.39 bits per heavy atom. The van der Waals surface area contributed by atoms with Crippen molar-refractivity contribution >= 4 is 0 Å². The number of rotatable bonds is 5. The highest BCUT2D eigenvalue weighted by Gasteiger charge is 2.35. The third-order valence-electron chi connectivity index (χ3n) is 5.20. The maximum atomic E-state index is 10.9. The van der Waals surface area contributed by atoms with E-state index >= 15 is 0 Å². The average molecular weight is 322 g/mol. The van der Waals surface area contributed by atoms with Gasteiger partial charge in [-0.2, -0.15) is 5.10 Å². The van der Waals surface area contributed by atoms with Crippen molar-refractivity contribution < 1.29 is 9.84 Å². The number of aryl methyl sites for hydroxylation is 1. The molecule has 1 aliphatic heterocycles. The molecule has 2 heterocycles. The van der Waals surface area contributed by atoms with E-state index in [9.17, 15) is 5.11 Å². The third-order valence-corrected chi connectivity index (χ3v) is 5.20. The lowest BCUT2D eigenvalue weighted by Gasteiger charge is -2.41. The second-order valence-electron chi connectivity index (χ2n) is 7.39. The lowest BCUT2D eigenvalue weighted by Crippen LogP contribution is -2.49. The lowest BCUT2D eigenvalue weighted by molar-refractivity contribution is -0.0821. The molecule has 0 spiro atoms. The molecule has 6 heteroatoms. The second kappa shape index (κ2) is 7.28. The fourth-order valence-corrected chi connectivity index (χ4v) is 3.68. The molecule has 1 saturated carbocycles. The van der Waals surface area contributed by atoms with E-state index in [0.717, 1.165) is 75.7 Å². The summed E-state index contributed by atoms with van der Waals surface area (Å²) in [6.45, 7) is 7.47. The van der Waals surface area contributed by atoms with Gasteiger partial charge in [-0.25, -0.2) is 4.98 Å². The summed E-state index contributed by atoms with van der Waals surface area (Å²) in [7, 11) is 0. The molecule has 0 radical (unpaired) electrons. The molecular weight excluding hydrogens is 292 g/mol. The Labute approximate surface area is 138 Å². The van der Waals surface area contributed by atoms with Gasteiger partial charge in [-0.15, -0.1) is 0 Å². The first-order valence-corrected chi connectivity index (χ1v) is 9.05. The zero-order valence-corrected chi connectivity index (χ0v) is 14.4. The number of β-amino-alcohol motifs (C(OH)–C–C–N with tert-alkyl or cyclic N) is 1. The molecule has 1 aromatic rings. The van der Waals surface area contributed by atoms with Crippen LogP contribution in [0.15, 0.2) is 0 Å². The molecule has 3 rings (SSSR count). The first-order chi connectivity index (χ1) is 11.1. The highest BCUT2D eigenvalue weighted by molar-refractivity contribution is 4.98. The van der Waals surface area contributed by atoms with Crippen LogP contribution in [0.1, 0.15) is 63.7 Å². The van der Waals surface area contributed by atoms with Crippen molar-refractivity contribution in [3.05, 3.63) is 11.6 Å². The normalized spacial score (nSPS) is 33.0. The number of H-pyrrole nitrogens is 1. The van der Waals surface area contributed by atoms with Gasteiger partial charge in [0, 0.05) is 26.1 Å². The van der Waals surface area contributed by atoms with E-state index in [0.29, 0.717) is 6.61 Å². The van der Waals surface area contributed by atoms with Gasteiger partial charge in [0.25, 0.3) is 0 Å². The topological polar surface area (TPSA) is 74.3 Å². The summed E-state index contributed by atoms with van der Waals surface area (Å²) in [5.74, 6) is 2.43. The number of nitrogens with one attached hydrogen (secondary N) is 1. The van der Waals surface area contributed by atoms with Crippen molar-refractivity contribution in [2.75, 3.05) is 26.2 Å². The van der Waals surface area contributed by atoms with Crippen molar-refractivity contribution in [3.63, 3.8) is 0 Å². The van der Waals surface area contributed by atoms with Gasteiger partial charge in [0.2, 0.25) is 0 Å². The Balaban J connectivity index is 1.57. The zero-order chi connectivity index (χ0) is 16.3. The smallest absolute Gasteiger partial charge is 0.180 e. The lowest BCUT2D eigenvalue weighted by atomic mass is 9.79. The summed E-state index contributed by atoms with van der Waals surface area (Å²) >= 11 is 0. The fourth-order valence-electron chi connectivity index (χ4n) is 3.68. The van der Waals surface area contributed by atoms with E-state index in [4.69, 9.17) is 4.74 Å². The largest absolute Gasteiger partial charge is 0.389 e. The Bertz CT molecular complexity index is 497. The molecule has 23 heavy (non-hydrogen) atoms. The van der Waals surface area contributed by atoms with Crippen LogP contribution in [0.2, 0.25) is 0 Å². The highest BCUT2D eigenvalue weighted by atomic mass is 16.5. The summed E-state index contributed by atoms with van der Waals surface area (Å²) in [4.78, 5) is 6.87. The molecule has 2 aliphatic rings. The van der Waals surface area contributed by atoms with Gasteiger partial charge in [0.1, 0.15) is 11.9 Å². The van der Waals surface area contributed by atoms with E-state index in [-0.39, 0.29) is 6.10 Å². The summed E-state index contributed by atoms with van der Waals surface area (Å²) in [6.07, 6.45) is 5.97. The van der Waals surface area contributed by atoms with Crippen LogP contribution in [0, 0.1) is 5.92 Å². The predicted octanol–water partition coefficient (Wildman–Crippen LogP) is 2.07. The number of ether oxygens (including phenoxy) is 1. The minimum Gasteiger partial charge on any atom is -0.389 e. The van der Waals surface area contributed by atoms with Crippen LogP contribution in [0.5, 0.6) is 0 Å². The van der Waals surface area contributed by atoms with Crippen LogP contribution < -0.4 is 0 Å². The quantitative estimate of drug-likeness (QED) is 0.868. The molecule has 1 aliphatic carbocycles. The van der Waals surface area contributed by atoms with Gasteiger partial charge in [-0.05, 0) is 38.0 Å². The first kappa shape index (κ1) is 16.9.